The van der Waals surface area contributed by atoms with E-state index in [0.29, 0.717) is 11.4 Å². The van der Waals surface area contributed by atoms with Crippen LogP contribution in [0.4, 0.5) is 4.39 Å². The maximum atomic E-state index is 12.9. The second-order valence-corrected chi connectivity index (χ2v) is 4.22. The molecule has 0 fully saturated rings. The molecule has 0 saturated carbocycles. The number of fused-ring (bicyclic) bond motifs is 1. The van der Waals surface area contributed by atoms with E-state index in [2.05, 4.69) is 9.97 Å². The normalized spacial score (nSPS) is 11.0. The maximum absolute atomic E-state index is 12.9. The molecule has 1 heterocycles. The largest absolute Gasteiger partial charge is 0.507 e. The first kappa shape index (κ1) is 10.8. The number of nitrogens with one attached hydrogen (secondary N) is 1. The Labute approximate surface area is 103 Å². The SMILES string of the molecule is Cc1cccc2[nH]c(-c3ccc(F)cc3O)nc12. The fourth-order valence-electron chi connectivity index (χ4n) is 2.01. The molecule has 0 aliphatic heterocycles. The molecule has 2 N–H and O–H groups in total. The van der Waals surface area contributed by atoms with Crippen LogP contribution >= 0.6 is 0 Å². The van der Waals surface area contributed by atoms with Crippen LogP contribution in [-0.2, 0) is 0 Å². The lowest BCUT2D eigenvalue weighted by molar-refractivity contribution is 0.471. The van der Waals surface area contributed by atoms with Crippen molar-refractivity contribution in [3.8, 4) is 17.1 Å². The molecule has 3 rings (SSSR count). The third-order valence-corrected chi connectivity index (χ3v) is 2.93. The van der Waals surface area contributed by atoms with Crippen molar-refractivity contribution in [1.29, 1.82) is 0 Å². The van der Waals surface area contributed by atoms with E-state index in [9.17, 15) is 9.50 Å². The summed E-state index contributed by atoms with van der Waals surface area (Å²) in [5.41, 5.74) is 3.30. The monoisotopic (exact) mass is 242 g/mol. The molecule has 3 nitrogen and oxygen atoms in total. The molecule has 0 bridgehead atoms. The van der Waals surface area contributed by atoms with Gasteiger partial charge in [-0.2, -0.15) is 0 Å². The van der Waals surface area contributed by atoms with Gasteiger partial charge in [-0.05, 0) is 30.7 Å². The van der Waals surface area contributed by atoms with Crippen LogP contribution in [0.25, 0.3) is 22.4 Å². The highest BCUT2D eigenvalue weighted by Gasteiger charge is 2.11. The summed E-state index contributed by atoms with van der Waals surface area (Å²) >= 11 is 0. The van der Waals surface area contributed by atoms with Gasteiger partial charge in [-0.3, -0.25) is 0 Å². The number of imidazole rings is 1. The highest BCUT2D eigenvalue weighted by atomic mass is 19.1. The Morgan fingerprint density at radius 2 is 2.06 bits per heavy atom. The van der Waals surface area contributed by atoms with Gasteiger partial charge in [0.05, 0.1) is 16.6 Å². The third kappa shape index (κ3) is 1.62. The highest BCUT2D eigenvalue weighted by molar-refractivity contribution is 5.83. The molecular formula is C14H11FN2O. The molecule has 0 amide bonds. The number of rotatable bonds is 1. The lowest BCUT2D eigenvalue weighted by atomic mass is 10.2. The number of aromatic nitrogens is 2. The number of halogens is 1. The summed E-state index contributed by atoms with van der Waals surface area (Å²) in [6, 6.07) is 9.71. The van der Waals surface area contributed by atoms with Crippen LogP contribution < -0.4 is 0 Å². The summed E-state index contributed by atoms with van der Waals surface area (Å²) in [4.78, 5) is 7.55. The number of para-hydroxylation sites is 1. The number of aryl methyl sites for hydroxylation is 1. The molecule has 18 heavy (non-hydrogen) atoms. The van der Waals surface area contributed by atoms with Gasteiger partial charge >= 0.3 is 0 Å². The van der Waals surface area contributed by atoms with Gasteiger partial charge in [0.1, 0.15) is 17.4 Å². The number of benzene rings is 2. The summed E-state index contributed by atoms with van der Waals surface area (Å²) < 4.78 is 12.9. The van der Waals surface area contributed by atoms with Gasteiger partial charge in [-0.15, -0.1) is 0 Å². The van der Waals surface area contributed by atoms with Gasteiger partial charge in [0.25, 0.3) is 0 Å². The summed E-state index contributed by atoms with van der Waals surface area (Å²) in [6.45, 7) is 1.97. The number of hydrogen-bond acceptors (Lipinski definition) is 2. The van der Waals surface area contributed by atoms with Crippen LogP contribution in [0, 0.1) is 12.7 Å². The number of aromatic amines is 1. The van der Waals surface area contributed by atoms with Gasteiger partial charge in [0.15, 0.2) is 0 Å². The average Bonchev–Trinajstić information content (AvgIpc) is 2.74. The second-order valence-electron chi connectivity index (χ2n) is 4.22. The summed E-state index contributed by atoms with van der Waals surface area (Å²) in [5, 5.41) is 9.74. The van der Waals surface area contributed by atoms with Crippen molar-refractivity contribution < 1.29 is 9.50 Å². The van der Waals surface area contributed by atoms with E-state index in [1.807, 2.05) is 25.1 Å². The number of phenols is 1. The van der Waals surface area contributed by atoms with Gasteiger partial charge in [0, 0.05) is 6.07 Å². The summed E-state index contributed by atoms with van der Waals surface area (Å²) in [6.07, 6.45) is 0. The van der Waals surface area contributed by atoms with E-state index in [-0.39, 0.29) is 5.75 Å². The van der Waals surface area contributed by atoms with Crippen molar-refractivity contribution in [3.05, 3.63) is 47.8 Å². The summed E-state index contributed by atoms with van der Waals surface area (Å²) in [7, 11) is 0. The van der Waals surface area contributed by atoms with E-state index in [4.69, 9.17) is 0 Å². The minimum atomic E-state index is -0.469. The Bertz CT molecular complexity index is 734. The third-order valence-electron chi connectivity index (χ3n) is 2.93. The minimum Gasteiger partial charge on any atom is -0.507 e. The van der Waals surface area contributed by atoms with Crippen molar-refractivity contribution in [2.75, 3.05) is 0 Å². The molecule has 1 aromatic heterocycles. The molecule has 90 valence electrons. The zero-order valence-corrected chi connectivity index (χ0v) is 9.74. The average molecular weight is 242 g/mol. The van der Waals surface area contributed by atoms with Crippen molar-refractivity contribution in [2.45, 2.75) is 6.92 Å². The van der Waals surface area contributed by atoms with Gasteiger partial charge in [-0.1, -0.05) is 12.1 Å². The number of H-pyrrole nitrogens is 1. The van der Waals surface area contributed by atoms with Crippen molar-refractivity contribution in [2.24, 2.45) is 0 Å². The van der Waals surface area contributed by atoms with Crippen LogP contribution in [0.2, 0.25) is 0 Å². The highest BCUT2D eigenvalue weighted by Crippen LogP contribution is 2.29. The summed E-state index contributed by atoms with van der Waals surface area (Å²) in [5.74, 6) is -0.0490. The molecule has 0 spiro atoms. The van der Waals surface area contributed by atoms with Crippen LogP contribution in [0.5, 0.6) is 5.75 Å². The predicted octanol–water partition coefficient (Wildman–Crippen LogP) is 3.38. The van der Waals surface area contributed by atoms with Crippen LogP contribution in [-0.4, -0.2) is 15.1 Å². The molecular weight excluding hydrogens is 231 g/mol. The fraction of sp³-hybridized carbons (Fsp3) is 0.0714. The molecule has 0 aliphatic carbocycles. The van der Waals surface area contributed by atoms with Crippen molar-refractivity contribution in [3.63, 3.8) is 0 Å². The molecule has 0 aliphatic rings. The Morgan fingerprint density at radius 1 is 1.22 bits per heavy atom. The Kier molecular flexibility index (Phi) is 2.30. The van der Waals surface area contributed by atoms with Crippen LogP contribution in [0.15, 0.2) is 36.4 Å². The topological polar surface area (TPSA) is 48.9 Å². The van der Waals surface area contributed by atoms with Crippen LogP contribution in [0.1, 0.15) is 5.56 Å². The van der Waals surface area contributed by atoms with E-state index in [1.54, 1.807) is 0 Å². The smallest absolute Gasteiger partial charge is 0.142 e. The van der Waals surface area contributed by atoms with Crippen molar-refractivity contribution in [1.82, 2.24) is 9.97 Å². The minimum absolute atomic E-state index is 0.119. The predicted molar refractivity (Wildman–Crippen MR) is 67.9 cm³/mol. The zero-order valence-electron chi connectivity index (χ0n) is 9.74. The molecule has 3 aromatic rings. The van der Waals surface area contributed by atoms with Gasteiger partial charge in [0.2, 0.25) is 0 Å². The van der Waals surface area contributed by atoms with Gasteiger partial charge in [-0.25, -0.2) is 9.37 Å². The number of nitrogens with zero attached hydrogens (tertiary/aromatic N) is 1. The van der Waals surface area contributed by atoms with Gasteiger partial charge < -0.3 is 10.1 Å². The zero-order chi connectivity index (χ0) is 12.7. The standard InChI is InChI=1S/C14H11FN2O/c1-8-3-2-4-11-13(8)17-14(16-11)10-6-5-9(15)7-12(10)18/h2-7,18H,1H3,(H,16,17). The molecule has 2 aromatic carbocycles. The van der Waals surface area contributed by atoms with Crippen LogP contribution in [0.3, 0.4) is 0 Å². The molecule has 0 atom stereocenters. The number of hydrogen-bond donors (Lipinski definition) is 2. The maximum Gasteiger partial charge on any atom is 0.142 e. The number of phenolic OH excluding ortho intramolecular Hbond substituents is 1. The second kappa shape index (κ2) is 3.84. The molecule has 0 unspecified atom stereocenters. The Hall–Kier alpha value is -2.36. The lowest BCUT2D eigenvalue weighted by Gasteiger charge is -2.00. The van der Waals surface area contributed by atoms with E-state index in [0.717, 1.165) is 22.7 Å². The number of aromatic hydroxyl groups is 1. The van der Waals surface area contributed by atoms with Crippen molar-refractivity contribution >= 4 is 11.0 Å². The Morgan fingerprint density at radius 3 is 2.78 bits per heavy atom. The fourth-order valence-corrected chi connectivity index (χ4v) is 2.01. The van der Waals surface area contributed by atoms with E-state index >= 15 is 0 Å². The molecule has 4 heteroatoms. The van der Waals surface area contributed by atoms with E-state index in [1.165, 1.54) is 12.1 Å². The Balaban J connectivity index is 2.23. The first-order valence-electron chi connectivity index (χ1n) is 5.59. The lowest BCUT2D eigenvalue weighted by Crippen LogP contribution is -1.83. The van der Waals surface area contributed by atoms with E-state index < -0.39 is 5.82 Å². The first-order chi connectivity index (χ1) is 8.65. The molecule has 0 radical (unpaired) electrons. The first-order valence-corrected chi connectivity index (χ1v) is 5.59. The molecule has 0 saturated heterocycles. The quantitative estimate of drug-likeness (QED) is 0.687.